The van der Waals surface area contributed by atoms with Crippen molar-refractivity contribution in [1.82, 2.24) is 10.3 Å². The van der Waals surface area contributed by atoms with Crippen molar-refractivity contribution in [2.24, 2.45) is 10.7 Å². The van der Waals surface area contributed by atoms with Gasteiger partial charge in [-0.3, -0.25) is 24.4 Å². The van der Waals surface area contributed by atoms with Gasteiger partial charge in [-0.15, -0.1) is 0 Å². The van der Waals surface area contributed by atoms with Crippen LogP contribution in [-0.2, 0) is 27.2 Å². The molecule has 1 unspecified atom stereocenters. The summed E-state index contributed by atoms with van der Waals surface area (Å²) in [6.45, 7) is 3.42. The Morgan fingerprint density at radius 1 is 1.19 bits per heavy atom. The normalized spacial score (nSPS) is 13.1. The Bertz CT molecular complexity index is 1190. The van der Waals surface area contributed by atoms with Gasteiger partial charge < -0.3 is 15.5 Å². The van der Waals surface area contributed by atoms with Crippen LogP contribution in [0.5, 0.6) is 0 Å². The number of Topliss-reactive ketones (excluding diaryl/α,β-unsaturated/α-hetero) is 1. The number of benzene rings is 1. The summed E-state index contributed by atoms with van der Waals surface area (Å²) in [7, 11) is 0. The van der Waals surface area contributed by atoms with Crippen LogP contribution in [0.3, 0.4) is 0 Å². The lowest BCUT2D eigenvalue weighted by atomic mass is 10.0. The number of pyridine rings is 1. The molecular weight excluding hydrogens is 408 g/mol. The fourth-order valence-corrected chi connectivity index (χ4v) is 3.17. The van der Waals surface area contributed by atoms with Crippen molar-refractivity contribution < 1.29 is 18.8 Å². The number of carbonyl (C=O) groups excluding carboxylic acids is 3. The topological polar surface area (TPSA) is 128 Å². The van der Waals surface area contributed by atoms with E-state index in [-0.39, 0.29) is 12.0 Å². The molecule has 8 nitrogen and oxygen atoms in total. The number of primary amides is 1. The number of furan rings is 1. The number of aromatic nitrogens is 1. The molecule has 0 bridgehead atoms. The lowest BCUT2D eigenvalue weighted by molar-refractivity contribution is -0.138. The van der Waals surface area contributed by atoms with E-state index >= 15 is 0 Å². The molecule has 0 radical (unpaired) electrons. The van der Waals surface area contributed by atoms with E-state index in [0.717, 1.165) is 16.7 Å². The van der Waals surface area contributed by atoms with E-state index in [1.807, 2.05) is 37.3 Å². The molecule has 3 N–H and O–H groups in total. The highest BCUT2D eigenvalue weighted by molar-refractivity contribution is 6.38. The van der Waals surface area contributed by atoms with Gasteiger partial charge in [0.15, 0.2) is 0 Å². The number of carbonyl (C=O) groups is 3. The number of nitrogens with zero attached hydrogens (tertiary/aromatic N) is 2. The van der Waals surface area contributed by atoms with E-state index in [9.17, 15) is 14.4 Å². The smallest absolute Gasteiger partial charge is 0.287 e. The predicted octanol–water partition coefficient (Wildman–Crippen LogP) is 2.52. The molecule has 0 saturated heterocycles. The average Bonchev–Trinajstić information content (AvgIpc) is 3.20. The van der Waals surface area contributed by atoms with E-state index in [0.29, 0.717) is 17.6 Å². The third kappa shape index (κ3) is 5.75. The van der Waals surface area contributed by atoms with Crippen LogP contribution < -0.4 is 11.1 Å². The van der Waals surface area contributed by atoms with Crippen LogP contribution in [-0.4, -0.2) is 34.3 Å². The Balaban J connectivity index is 1.72. The molecule has 0 fully saturated rings. The number of aliphatic imine (C=N–C) groups is 1. The van der Waals surface area contributed by atoms with Crippen molar-refractivity contribution in [1.29, 1.82) is 0 Å². The molecule has 0 aliphatic heterocycles. The maximum Gasteiger partial charge on any atom is 0.287 e. The van der Waals surface area contributed by atoms with Crippen LogP contribution in [0.1, 0.15) is 25.0 Å². The van der Waals surface area contributed by atoms with Gasteiger partial charge in [-0.2, -0.15) is 0 Å². The number of rotatable bonds is 9. The van der Waals surface area contributed by atoms with Crippen LogP contribution in [0, 0.1) is 0 Å². The molecule has 164 valence electrons. The molecule has 0 spiro atoms. The molecular formula is C24H24N4O4. The Hall–Kier alpha value is -4.07. The molecule has 2 aromatic heterocycles. The van der Waals surface area contributed by atoms with Gasteiger partial charge in [0.1, 0.15) is 11.6 Å². The molecule has 0 aliphatic rings. The monoisotopic (exact) mass is 432 g/mol. The second kappa shape index (κ2) is 10.3. The Kier molecular flexibility index (Phi) is 7.28. The number of hydrogen-bond donors (Lipinski definition) is 2. The maximum atomic E-state index is 12.7. The SMILES string of the molecule is CC(Cc1cccnc1)=N/C=C(\C)C(=O)NC(Cc1coc2ccccc12)C(=O)C(N)=O. The number of fused-ring (bicyclic) bond motifs is 1. The summed E-state index contributed by atoms with van der Waals surface area (Å²) in [5.74, 6) is -2.52. The summed E-state index contributed by atoms with van der Waals surface area (Å²) in [6, 6.07) is 9.96. The molecule has 2 amide bonds. The summed E-state index contributed by atoms with van der Waals surface area (Å²) in [6.07, 6.45) is 7.05. The van der Waals surface area contributed by atoms with E-state index in [4.69, 9.17) is 10.2 Å². The van der Waals surface area contributed by atoms with Crippen LogP contribution in [0.4, 0.5) is 0 Å². The van der Waals surface area contributed by atoms with Gasteiger partial charge in [-0.1, -0.05) is 24.3 Å². The predicted molar refractivity (Wildman–Crippen MR) is 121 cm³/mol. The van der Waals surface area contributed by atoms with Gasteiger partial charge in [-0.05, 0) is 31.5 Å². The molecule has 32 heavy (non-hydrogen) atoms. The molecule has 2 heterocycles. The van der Waals surface area contributed by atoms with Gasteiger partial charge in [0.2, 0.25) is 11.7 Å². The number of hydrogen-bond acceptors (Lipinski definition) is 6. The fraction of sp³-hybridized carbons (Fsp3) is 0.208. The highest BCUT2D eigenvalue weighted by atomic mass is 16.3. The molecule has 3 rings (SSSR count). The third-order valence-electron chi connectivity index (χ3n) is 4.87. The first-order valence-electron chi connectivity index (χ1n) is 10.0. The van der Waals surface area contributed by atoms with Crippen LogP contribution in [0.15, 0.2) is 76.2 Å². The summed E-state index contributed by atoms with van der Waals surface area (Å²) < 4.78 is 5.48. The molecule has 3 aromatic rings. The quantitative estimate of drug-likeness (QED) is 0.305. The van der Waals surface area contributed by atoms with Gasteiger partial charge in [-0.25, -0.2) is 0 Å². The van der Waals surface area contributed by atoms with E-state index in [2.05, 4.69) is 15.3 Å². The van der Waals surface area contributed by atoms with Crippen LogP contribution in [0.25, 0.3) is 11.0 Å². The maximum absolute atomic E-state index is 12.7. The zero-order valence-corrected chi connectivity index (χ0v) is 17.9. The summed E-state index contributed by atoms with van der Waals surface area (Å²) in [5.41, 5.74) is 8.61. The average molecular weight is 432 g/mol. The Morgan fingerprint density at radius 3 is 2.69 bits per heavy atom. The molecule has 0 saturated carbocycles. The fourth-order valence-electron chi connectivity index (χ4n) is 3.17. The van der Waals surface area contributed by atoms with Gasteiger partial charge >= 0.3 is 0 Å². The highest BCUT2D eigenvalue weighted by Gasteiger charge is 2.27. The number of para-hydroxylation sites is 1. The van der Waals surface area contributed by atoms with Gasteiger partial charge in [0.05, 0.1) is 6.26 Å². The molecule has 1 aromatic carbocycles. The first-order valence-corrected chi connectivity index (χ1v) is 10.0. The van der Waals surface area contributed by atoms with Crippen molar-refractivity contribution >= 4 is 34.3 Å². The number of amides is 2. The zero-order chi connectivity index (χ0) is 23.1. The van der Waals surface area contributed by atoms with Gasteiger partial charge in [0.25, 0.3) is 5.91 Å². The van der Waals surface area contributed by atoms with Crippen molar-refractivity contribution in [3.8, 4) is 0 Å². The Morgan fingerprint density at radius 2 is 1.97 bits per heavy atom. The minimum atomic E-state index is -1.12. The molecule has 8 heteroatoms. The summed E-state index contributed by atoms with van der Waals surface area (Å²) in [4.78, 5) is 44.9. The van der Waals surface area contributed by atoms with Crippen molar-refractivity contribution in [2.75, 3.05) is 0 Å². The van der Waals surface area contributed by atoms with E-state index in [1.165, 1.54) is 12.5 Å². The first-order chi connectivity index (χ1) is 15.3. The second-order valence-corrected chi connectivity index (χ2v) is 7.43. The molecule has 0 aliphatic carbocycles. The lowest BCUT2D eigenvalue weighted by Crippen LogP contribution is -2.47. The third-order valence-corrected chi connectivity index (χ3v) is 4.87. The summed E-state index contributed by atoms with van der Waals surface area (Å²) >= 11 is 0. The zero-order valence-electron chi connectivity index (χ0n) is 17.9. The van der Waals surface area contributed by atoms with Crippen LogP contribution in [0.2, 0.25) is 0 Å². The second-order valence-electron chi connectivity index (χ2n) is 7.43. The highest BCUT2D eigenvalue weighted by Crippen LogP contribution is 2.22. The van der Waals surface area contributed by atoms with Crippen molar-refractivity contribution in [3.05, 3.63) is 78.0 Å². The van der Waals surface area contributed by atoms with E-state index in [1.54, 1.807) is 25.4 Å². The summed E-state index contributed by atoms with van der Waals surface area (Å²) in [5, 5.41) is 3.39. The minimum Gasteiger partial charge on any atom is -0.464 e. The standard InChI is InChI=1S/C24H24N4O4/c1-15(12-27-16(2)10-17-6-5-9-26-13-17)24(31)28-20(22(29)23(25)30)11-18-14-32-21-8-4-3-7-19(18)21/h3-9,12-14,20H,10-11H2,1-2H3,(H2,25,30)(H,28,31)/b15-12+,27-16?. The number of nitrogens with one attached hydrogen (secondary N) is 1. The Labute approximate surface area is 185 Å². The first kappa shape index (κ1) is 22.6. The van der Waals surface area contributed by atoms with Gasteiger partial charge in [0, 0.05) is 53.7 Å². The lowest BCUT2D eigenvalue weighted by Gasteiger charge is -2.16. The van der Waals surface area contributed by atoms with E-state index < -0.39 is 23.6 Å². The number of nitrogens with two attached hydrogens (primary N) is 1. The van der Waals surface area contributed by atoms with Crippen molar-refractivity contribution in [2.45, 2.75) is 32.7 Å². The molecule has 1 atom stereocenters. The largest absolute Gasteiger partial charge is 0.464 e. The van der Waals surface area contributed by atoms with Crippen LogP contribution >= 0.6 is 0 Å². The minimum absolute atomic E-state index is 0.0705. The van der Waals surface area contributed by atoms with Crippen molar-refractivity contribution in [3.63, 3.8) is 0 Å². The number of ketones is 1.